The second-order valence-corrected chi connectivity index (χ2v) is 25.2. The molecule has 9 aliphatic rings. The van der Waals surface area contributed by atoms with E-state index in [1.165, 1.54) is 0 Å². The molecule has 0 radical (unpaired) electrons. The van der Waals surface area contributed by atoms with Crippen molar-refractivity contribution >= 4 is 0 Å². The van der Waals surface area contributed by atoms with Crippen LogP contribution in [-0.4, -0.2) is 484 Å². The molecule has 29 N–H and O–H groups in total. The smallest absolute Gasteiger partial charge is 0.187 e. The molecule has 9 saturated heterocycles. The SMILES string of the molecule is OC[C@H]1O[C@@H](O[C@H]2[C@H](O)[C@@H](O)[C@H](O[C@H]3[C@H](O)[C@@H](O)[C@H](O[C@H]4[C@H](O)[C@@H](O)[C@H](O[C@H]5[C@H](O)[C@@H](O)[C@H](O[C@H]6[C@H](O)[C@@H](O)[C@H](O[C@H]7[C@H](O)[C@@H](O)[C@H](O[C@H]8[C@H](O)[C@@H](O)[C@H](O[C@H]9[C@H](O)[C@@H](O)[C@H](O)O[C@@H]9CO)O[C@@H]8CO)O[C@@H]7CO)O[C@@H]6CO)O[C@@H]5CO)O[C@@H]4CO)O[C@@H]3CO)O[C@@H]2CO)[C@H](O)[C@@H](O)[C@@H]1O. The highest BCUT2D eigenvalue weighted by Gasteiger charge is 2.60. The number of rotatable bonds is 25. The molecule has 584 valence electrons. The Morgan fingerprint density at radius 2 is 0.290 bits per heavy atom. The molecule has 0 aliphatic carbocycles. The van der Waals surface area contributed by atoms with Crippen molar-refractivity contribution in [2.45, 2.75) is 276 Å². The van der Waals surface area contributed by atoms with Gasteiger partial charge < -0.3 is 229 Å². The van der Waals surface area contributed by atoms with Crippen LogP contribution in [0, 0.1) is 0 Å². The van der Waals surface area contributed by atoms with Crippen LogP contribution in [0.3, 0.4) is 0 Å². The Morgan fingerprint density at radius 3 is 0.460 bits per heavy atom. The zero-order valence-electron chi connectivity index (χ0n) is 52.3. The molecule has 0 bridgehead atoms. The van der Waals surface area contributed by atoms with Crippen LogP contribution in [0.15, 0.2) is 0 Å². The monoisotopic (exact) mass is 1480 g/mol. The van der Waals surface area contributed by atoms with E-state index in [4.69, 9.17) is 80.5 Å². The molecule has 46 heteroatoms. The maximum Gasteiger partial charge on any atom is 0.187 e. The van der Waals surface area contributed by atoms with Gasteiger partial charge in [0.15, 0.2) is 56.6 Å². The lowest BCUT2D eigenvalue weighted by atomic mass is 9.95. The molecule has 9 rings (SSSR count). The Balaban J connectivity index is 0.771. The fourth-order valence-electron chi connectivity index (χ4n) is 13.0. The van der Waals surface area contributed by atoms with Gasteiger partial charge in [-0.15, -0.1) is 0 Å². The molecule has 9 fully saturated rings. The third-order valence-electron chi connectivity index (χ3n) is 18.8. The molecule has 0 saturated carbocycles. The molecule has 0 aromatic rings. The first-order valence-electron chi connectivity index (χ1n) is 31.7. The highest BCUT2D eigenvalue weighted by molar-refractivity contribution is 5.02. The summed E-state index contributed by atoms with van der Waals surface area (Å²) < 4.78 is 94.9. The summed E-state index contributed by atoms with van der Waals surface area (Å²) in [6, 6.07) is 0. The second-order valence-electron chi connectivity index (χ2n) is 25.2. The van der Waals surface area contributed by atoms with Crippen molar-refractivity contribution in [2.24, 2.45) is 0 Å². The van der Waals surface area contributed by atoms with E-state index in [1.807, 2.05) is 0 Å². The van der Waals surface area contributed by atoms with E-state index in [0.717, 1.165) is 0 Å². The van der Waals surface area contributed by atoms with Gasteiger partial charge in [0.25, 0.3) is 0 Å². The maximum atomic E-state index is 11.5. The van der Waals surface area contributed by atoms with Crippen LogP contribution < -0.4 is 0 Å². The van der Waals surface area contributed by atoms with Gasteiger partial charge in [0.05, 0.1) is 59.5 Å². The van der Waals surface area contributed by atoms with Crippen molar-refractivity contribution in [3.05, 3.63) is 0 Å². The molecule has 0 spiro atoms. The Kier molecular flexibility index (Phi) is 29.2. The Labute approximate surface area is 563 Å². The maximum absolute atomic E-state index is 11.5. The van der Waals surface area contributed by atoms with Gasteiger partial charge in [-0.1, -0.05) is 0 Å². The summed E-state index contributed by atoms with van der Waals surface area (Å²) in [5, 5.41) is 311. The molecule has 0 amide bonds. The predicted octanol–water partition coefficient (Wildman–Crippen LogP) is -20.6. The lowest BCUT2D eigenvalue weighted by molar-refractivity contribution is -0.400. The fourth-order valence-corrected chi connectivity index (χ4v) is 13.0. The summed E-state index contributed by atoms with van der Waals surface area (Å²) in [4.78, 5) is 0. The Hall–Kier alpha value is -1.84. The molecule has 46 nitrogen and oxygen atoms in total. The predicted molar refractivity (Wildman–Crippen MR) is 297 cm³/mol. The summed E-state index contributed by atoms with van der Waals surface area (Å²) in [5.41, 5.74) is 0. The van der Waals surface area contributed by atoms with Crippen LogP contribution in [0.4, 0.5) is 0 Å². The summed E-state index contributed by atoms with van der Waals surface area (Å²) in [6.45, 7) is -9.29. The molecule has 0 unspecified atom stereocenters. The summed E-state index contributed by atoms with van der Waals surface area (Å²) in [5.74, 6) is 0. The van der Waals surface area contributed by atoms with E-state index in [2.05, 4.69) is 0 Å². The van der Waals surface area contributed by atoms with Gasteiger partial charge >= 0.3 is 0 Å². The molecule has 0 aromatic heterocycles. The van der Waals surface area contributed by atoms with E-state index >= 15 is 0 Å². The molecule has 0 aromatic carbocycles. The number of ether oxygens (including phenoxy) is 17. The zero-order chi connectivity index (χ0) is 73.4. The minimum atomic E-state index is -2.30. The van der Waals surface area contributed by atoms with E-state index in [-0.39, 0.29) is 0 Å². The lowest BCUT2D eigenvalue weighted by Crippen LogP contribution is -2.68. The molecular weight excluding hydrogens is 1380 g/mol. The minimum Gasteiger partial charge on any atom is -0.394 e. The molecule has 100 heavy (non-hydrogen) atoms. The van der Waals surface area contributed by atoms with E-state index in [9.17, 15) is 148 Å². The zero-order valence-corrected chi connectivity index (χ0v) is 52.3. The average Bonchev–Trinajstić information content (AvgIpc) is 0.779. The van der Waals surface area contributed by atoms with E-state index in [1.54, 1.807) is 0 Å². The first-order chi connectivity index (χ1) is 47.5. The molecule has 45 atom stereocenters. The number of hydrogen-bond acceptors (Lipinski definition) is 46. The standard InChI is InChI=1S/C54H92O46/c55-1-10-19(64)20(65)30(75)47(85-10)94-39-12(3-57)87-49(32(77)22(39)67)96-41-14(5-59)89-51(34(79)24(41)69)98-43-16(7-61)91-53(36(81)26(43)71)100-45-18(9-63)92-54(37(82)28(45)73)99-44-17(8-62)90-52(35(80)27(44)72)97-42-15(6-60)88-50(33(78)25(42)70)95-40-13(4-58)86-48(31(76)23(40)68)93-38-11(2-56)84-46(83)29(74)21(38)66/h10-83H,1-9H2/t10-,11-,12-,13-,14-,15-,16-,17-,18-,19-,20+,21-,22-,23-,24-,25-,26-,27-,28-,29-,30-,31-,32-,33-,34-,35-,36-,37-,38-,39-,40-,41-,42-,43-,44-,45-,46-,47+,48+,49+,50+,51+,52+,53+,54+/m1/s1. The average molecular weight is 1480 g/mol. The first kappa shape index (κ1) is 82.2. The number of aliphatic hydroxyl groups is 29. The van der Waals surface area contributed by atoms with E-state index < -0.39 is 336 Å². The molecule has 9 aliphatic heterocycles. The van der Waals surface area contributed by atoms with Crippen LogP contribution in [0.5, 0.6) is 0 Å². The number of aliphatic hydroxyl groups excluding tert-OH is 29. The first-order valence-corrected chi connectivity index (χ1v) is 31.7. The summed E-state index contributed by atoms with van der Waals surface area (Å²) in [6.07, 6.45) is -89.5. The van der Waals surface area contributed by atoms with Crippen molar-refractivity contribution in [3.63, 3.8) is 0 Å². The summed E-state index contributed by atoms with van der Waals surface area (Å²) in [7, 11) is 0. The van der Waals surface area contributed by atoms with Crippen molar-refractivity contribution in [1.29, 1.82) is 0 Å². The normalized spacial score (nSPS) is 53.7. The largest absolute Gasteiger partial charge is 0.394 e. The van der Waals surface area contributed by atoms with Crippen molar-refractivity contribution in [2.75, 3.05) is 59.5 Å². The van der Waals surface area contributed by atoms with Gasteiger partial charge in [0, 0.05) is 0 Å². The fraction of sp³-hybridized carbons (Fsp3) is 1.00. The molecule has 9 heterocycles. The minimum absolute atomic E-state index is 0.862. The van der Waals surface area contributed by atoms with Crippen LogP contribution in [0.2, 0.25) is 0 Å². The van der Waals surface area contributed by atoms with Crippen molar-refractivity contribution in [1.82, 2.24) is 0 Å². The Bertz CT molecular complexity index is 2440. The topological polar surface area (TPSA) is 744 Å². The quantitative estimate of drug-likeness (QED) is 0.0404. The van der Waals surface area contributed by atoms with Crippen LogP contribution >= 0.6 is 0 Å². The lowest BCUT2D eigenvalue weighted by Gasteiger charge is -2.50. The van der Waals surface area contributed by atoms with Gasteiger partial charge in [-0.05, 0) is 0 Å². The van der Waals surface area contributed by atoms with Crippen molar-refractivity contribution < 1.29 is 229 Å². The highest BCUT2D eigenvalue weighted by atomic mass is 16.8. The highest BCUT2D eigenvalue weighted by Crippen LogP contribution is 2.40. The van der Waals surface area contributed by atoms with Gasteiger partial charge in [-0.3, -0.25) is 0 Å². The third-order valence-corrected chi connectivity index (χ3v) is 18.8. The van der Waals surface area contributed by atoms with Crippen molar-refractivity contribution in [3.8, 4) is 0 Å². The molecular formula is C54H92O46. The van der Waals surface area contributed by atoms with Gasteiger partial charge in [-0.2, -0.15) is 0 Å². The van der Waals surface area contributed by atoms with Crippen LogP contribution in [0.25, 0.3) is 0 Å². The third kappa shape index (κ3) is 16.7. The summed E-state index contributed by atoms with van der Waals surface area (Å²) >= 11 is 0. The van der Waals surface area contributed by atoms with Gasteiger partial charge in [-0.25, -0.2) is 0 Å². The Morgan fingerprint density at radius 1 is 0.150 bits per heavy atom. The van der Waals surface area contributed by atoms with E-state index in [0.29, 0.717) is 0 Å². The number of hydrogen-bond donors (Lipinski definition) is 29. The van der Waals surface area contributed by atoms with Crippen LogP contribution in [-0.2, 0) is 80.5 Å². The van der Waals surface area contributed by atoms with Gasteiger partial charge in [0.2, 0.25) is 0 Å². The van der Waals surface area contributed by atoms with Gasteiger partial charge in [0.1, 0.15) is 220 Å². The van der Waals surface area contributed by atoms with Crippen LogP contribution in [0.1, 0.15) is 0 Å². The second kappa shape index (κ2) is 35.5.